The van der Waals surface area contributed by atoms with E-state index in [1.54, 1.807) is 0 Å². The van der Waals surface area contributed by atoms with Crippen LogP contribution >= 0.6 is 0 Å². The molecule has 1 N–H and O–H groups in total. The Balaban J connectivity index is 1.64. The van der Waals surface area contributed by atoms with Gasteiger partial charge in [-0.15, -0.1) is 0 Å². The number of anilines is 1. The molecule has 6 heteroatoms. The summed E-state index contributed by atoms with van der Waals surface area (Å²) in [7, 11) is 2.14. The summed E-state index contributed by atoms with van der Waals surface area (Å²) in [6.45, 7) is 6.08. The molecule has 0 atom stereocenters. The van der Waals surface area contributed by atoms with Crippen molar-refractivity contribution < 1.29 is 9.53 Å². The Morgan fingerprint density at radius 3 is 2.63 bits per heavy atom. The first-order valence-corrected chi connectivity index (χ1v) is 9.44. The molecule has 1 aliphatic heterocycles. The Morgan fingerprint density at radius 1 is 1.22 bits per heavy atom. The molecule has 0 amide bonds. The smallest absolute Gasteiger partial charge is 0.317 e. The normalized spacial score (nSPS) is 16.1. The van der Waals surface area contributed by atoms with Gasteiger partial charge in [-0.05, 0) is 52.4 Å². The van der Waals surface area contributed by atoms with Crippen LogP contribution in [0.3, 0.4) is 0 Å². The first-order chi connectivity index (χ1) is 12.9. The van der Waals surface area contributed by atoms with Gasteiger partial charge in [-0.3, -0.25) is 4.79 Å². The fraction of sp³-hybridized carbons (Fsp3) is 0.476. The van der Waals surface area contributed by atoms with Crippen LogP contribution in [0.25, 0.3) is 0 Å². The zero-order valence-corrected chi connectivity index (χ0v) is 16.3. The van der Waals surface area contributed by atoms with Crippen LogP contribution in [0.2, 0.25) is 0 Å². The van der Waals surface area contributed by atoms with E-state index >= 15 is 0 Å². The van der Waals surface area contributed by atoms with Gasteiger partial charge < -0.3 is 15.0 Å². The molecule has 1 aliphatic rings. The maximum atomic E-state index is 12.7. The van der Waals surface area contributed by atoms with E-state index in [1.165, 1.54) is 6.33 Å². The number of nitrogens with one attached hydrogen (secondary N) is 1. The summed E-state index contributed by atoms with van der Waals surface area (Å²) in [5.41, 5.74) is 0.779. The molecule has 6 nitrogen and oxygen atoms in total. The Bertz CT molecular complexity index is 756. The first-order valence-electron chi connectivity index (χ1n) is 9.44. The summed E-state index contributed by atoms with van der Waals surface area (Å²) in [6.07, 6.45) is 3.68. The first kappa shape index (κ1) is 19.3. The molecule has 144 valence electrons. The molecule has 0 saturated carbocycles. The van der Waals surface area contributed by atoms with E-state index in [4.69, 9.17) is 4.74 Å². The molecule has 0 aliphatic carbocycles. The highest BCUT2D eigenvalue weighted by Crippen LogP contribution is 2.25. The van der Waals surface area contributed by atoms with Crippen molar-refractivity contribution in [1.82, 2.24) is 14.9 Å². The fourth-order valence-corrected chi connectivity index (χ4v) is 3.15. The number of benzene rings is 1. The third kappa shape index (κ3) is 5.04. The fourth-order valence-electron chi connectivity index (χ4n) is 3.15. The van der Waals surface area contributed by atoms with E-state index in [-0.39, 0.29) is 12.6 Å². The monoisotopic (exact) mass is 368 g/mol. The molecule has 1 saturated heterocycles. The molecular weight excluding hydrogens is 340 g/mol. The summed E-state index contributed by atoms with van der Waals surface area (Å²) in [4.78, 5) is 23.7. The minimum Gasteiger partial charge on any atom is -0.460 e. The lowest BCUT2D eigenvalue weighted by Gasteiger charge is -2.30. The van der Waals surface area contributed by atoms with Crippen LogP contribution in [0.1, 0.15) is 37.9 Å². The molecule has 1 aromatic heterocycles. The summed E-state index contributed by atoms with van der Waals surface area (Å²) in [6, 6.07) is 11.9. The van der Waals surface area contributed by atoms with Crippen molar-refractivity contribution >= 4 is 11.8 Å². The van der Waals surface area contributed by atoms with Crippen molar-refractivity contribution in [2.75, 3.05) is 25.5 Å². The minimum absolute atomic E-state index is 0.259. The number of hydrogen-bond donors (Lipinski definition) is 1. The number of aromatic nitrogens is 2. The van der Waals surface area contributed by atoms with Gasteiger partial charge in [-0.1, -0.05) is 30.3 Å². The topological polar surface area (TPSA) is 67.4 Å². The van der Waals surface area contributed by atoms with Crippen LogP contribution in [0, 0.1) is 0 Å². The van der Waals surface area contributed by atoms with E-state index in [0.29, 0.717) is 11.7 Å². The molecule has 0 bridgehead atoms. The molecule has 0 unspecified atom stereocenters. The highest BCUT2D eigenvalue weighted by molar-refractivity contribution is 5.81. The van der Waals surface area contributed by atoms with E-state index < -0.39 is 5.41 Å². The van der Waals surface area contributed by atoms with Gasteiger partial charge in [0.2, 0.25) is 0 Å². The second kappa shape index (κ2) is 8.48. The van der Waals surface area contributed by atoms with Crippen molar-refractivity contribution in [2.24, 2.45) is 0 Å². The van der Waals surface area contributed by atoms with Crippen LogP contribution in [0.15, 0.2) is 42.7 Å². The predicted octanol–water partition coefficient (Wildman–Crippen LogP) is 3.00. The standard InChI is InChI=1S/C21H28N4O2/c1-21(2,20(26)27-14-16-7-5-4-6-8-16)18-13-19(23-15-22-18)24-17-9-11-25(3)12-10-17/h4-8,13,15,17H,9-12,14H2,1-3H3,(H,22,23,24). The lowest BCUT2D eigenvalue weighted by atomic mass is 9.89. The van der Waals surface area contributed by atoms with E-state index in [2.05, 4.69) is 27.2 Å². The number of hydrogen-bond acceptors (Lipinski definition) is 6. The van der Waals surface area contributed by atoms with E-state index in [0.717, 1.165) is 37.3 Å². The maximum Gasteiger partial charge on any atom is 0.317 e. The molecule has 1 fully saturated rings. The Labute approximate surface area is 161 Å². The lowest BCUT2D eigenvalue weighted by Crippen LogP contribution is -2.37. The molecule has 1 aromatic carbocycles. The second-order valence-corrected chi connectivity index (χ2v) is 7.70. The van der Waals surface area contributed by atoms with Gasteiger partial charge in [0.1, 0.15) is 24.2 Å². The van der Waals surface area contributed by atoms with Gasteiger partial charge in [0.05, 0.1) is 5.69 Å². The SMILES string of the molecule is CN1CCC(Nc2cc(C(C)(C)C(=O)OCc3ccccc3)ncn2)CC1. The van der Waals surface area contributed by atoms with Crippen LogP contribution in [-0.4, -0.2) is 47.0 Å². The van der Waals surface area contributed by atoms with Crippen LogP contribution in [-0.2, 0) is 21.6 Å². The number of ether oxygens (including phenoxy) is 1. The molecule has 2 heterocycles. The second-order valence-electron chi connectivity index (χ2n) is 7.70. The number of rotatable bonds is 6. The van der Waals surface area contributed by atoms with Crippen molar-refractivity contribution in [3.05, 3.63) is 54.0 Å². The van der Waals surface area contributed by atoms with Gasteiger partial charge in [0, 0.05) is 12.1 Å². The molecule has 2 aromatic rings. The Kier molecular flexibility index (Phi) is 6.06. The Hall–Kier alpha value is -2.47. The average Bonchev–Trinajstić information content (AvgIpc) is 2.69. The van der Waals surface area contributed by atoms with Gasteiger partial charge in [0.15, 0.2) is 0 Å². The zero-order valence-electron chi connectivity index (χ0n) is 16.3. The number of piperidine rings is 1. The molecule has 27 heavy (non-hydrogen) atoms. The van der Waals surface area contributed by atoms with Crippen LogP contribution in [0.5, 0.6) is 0 Å². The average molecular weight is 368 g/mol. The molecule has 3 rings (SSSR count). The van der Waals surface area contributed by atoms with Crippen molar-refractivity contribution in [3.8, 4) is 0 Å². The van der Waals surface area contributed by atoms with E-state index in [9.17, 15) is 4.79 Å². The number of carbonyl (C=O) groups excluding carboxylic acids is 1. The predicted molar refractivity (Wildman–Crippen MR) is 105 cm³/mol. The zero-order chi connectivity index (χ0) is 19.3. The van der Waals surface area contributed by atoms with Gasteiger partial charge in [-0.2, -0.15) is 0 Å². The quantitative estimate of drug-likeness (QED) is 0.791. The van der Waals surface area contributed by atoms with Crippen LogP contribution in [0.4, 0.5) is 5.82 Å². The number of nitrogens with zero attached hydrogens (tertiary/aromatic N) is 3. The lowest BCUT2D eigenvalue weighted by molar-refractivity contribution is -0.150. The molecular formula is C21H28N4O2. The summed E-state index contributed by atoms with van der Waals surface area (Å²) < 4.78 is 5.52. The van der Waals surface area contributed by atoms with Crippen LogP contribution < -0.4 is 5.32 Å². The third-order valence-corrected chi connectivity index (χ3v) is 5.10. The van der Waals surface area contributed by atoms with Crippen molar-refractivity contribution in [3.63, 3.8) is 0 Å². The van der Waals surface area contributed by atoms with Gasteiger partial charge >= 0.3 is 5.97 Å². The summed E-state index contributed by atoms with van der Waals surface area (Å²) in [5, 5.41) is 3.48. The molecule has 0 radical (unpaired) electrons. The van der Waals surface area contributed by atoms with Gasteiger partial charge in [-0.25, -0.2) is 9.97 Å². The van der Waals surface area contributed by atoms with Gasteiger partial charge in [0.25, 0.3) is 0 Å². The largest absolute Gasteiger partial charge is 0.460 e. The minimum atomic E-state index is -0.846. The highest BCUT2D eigenvalue weighted by Gasteiger charge is 2.33. The molecule has 0 spiro atoms. The van der Waals surface area contributed by atoms with E-state index in [1.807, 2.05) is 50.2 Å². The maximum absolute atomic E-state index is 12.7. The Morgan fingerprint density at radius 2 is 1.93 bits per heavy atom. The summed E-state index contributed by atoms with van der Waals surface area (Å²) in [5.74, 6) is 0.466. The third-order valence-electron chi connectivity index (χ3n) is 5.10. The summed E-state index contributed by atoms with van der Waals surface area (Å²) >= 11 is 0. The number of esters is 1. The van der Waals surface area contributed by atoms with Crippen molar-refractivity contribution in [1.29, 1.82) is 0 Å². The highest BCUT2D eigenvalue weighted by atomic mass is 16.5. The van der Waals surface area contributed by atoms with Crippen molar-refractivity contribution in [2.45, 2.75) is 44.8 Å². The number of likely N-dealkylation sites (tertiary alicyclic amines) is 1. The number of carbonyl (C=O) groups is 1.